The van der Waals surface area contributed by atoms with E-state index in [0.717, 1.165) is 5.56 Å². The first kappa shape index (κ1) is 12.9. The van der Waals surface area contributed by atoms with Crippen molar-refractivity contribution in [1.82, 2.24) is 15.3 Å². The van der Waals surface area contributed by atoms with E-state index in [-0.39, 0.29) is 5.91 Å². The van der Waals surface area contributed by atoms with Crippen molar-refractivity contribution in [1.29, 1.82) is 0 Å². The molecule has 0 saturated heterocycles. The van der Waals surface area contributed by atoms with Crippen LogP contribution in [-0.4, -0.2) is 22.4 Å². The van der Waals surface area contributed by atoms with Gasteiger partial charge in [-0.25, -0.2) is 4.98 Å². The molecular weight excluding hydrogens is 273 g/mol. The highest BCUT2D eigenvalue weighted by molar-refractivity contribution is 6.35. The van der Waals surface area contributed by atoms with Gasteiger partial charge in [0.1, 0.15) is 5.69 Å². The number of nitrogens with zero attached hydrogens (tertiary/aromatic N) is 1. The van der Waals surface area contributed by atoms with Crippen LogP contribution in [0.1, 0.15) is 16.1 Å². The number of hydrogen-bond acceptors (Lipinski definition) is 2. The summed E-state index contributed by atoms with van der Waals surface area (Å²) in [6.07, 6.45) is 3.59. The molecule has 4 nitrogen and oxygen atoms in total. The Morgan fingerprint density at radius 3 is 2.89 bits per heavy atom. The third kappa shape index (κ3) is 3.24. The number of nitrogens with one attached hydrogen (secondary N) is 2. The first-order chi connectivity index (χ1) is 8.66. The molecule has 0 aliphatic carbocycles. The fourth-order valence-corrected chi connectivity index (χ4v) is 2.01. The molecule has 1 aromatic heterocycles. The molecule has 94 valence electrons. The summed E-state index contributed by atoms with van der Waals surface area (Å²) in [5, 5.41) is 3.99. The minimum Gasteiger partial charge on any atom is -0.350 e. The Bertz CT molecular complexity index is 540. The van der Waals surface area contributed by atoms with E-state index in [1.54, 1.807) is 12.1 Å². The quantitative estimate of drug-likeness (QED) is 0.906. The molecule has 6 heteroatoms. The largest absolute Gasteiger partial charge is 0.350 e. The molecule has 0 unspecified atom stereocenters. The molecule has 1 aromatic carbocycles. The van der Waals surface area contributed by atoms with Crippen LogP contribution in [0.2, 0.25) is 10.0 Å². The van der Waals surface area contributed by atoms with Gasteiger partial charge in [-0.3, -0.25) is 4.79 Å². The van der Waals surface area contributed by atoms with Crippen LogP contribution in [0.4, 0.5) is 0 Å². The number of H-pyrrole nitrogens is 1. The number of amides is 1. The van der Waals surface area contributed by atoms with Gasteiger partial charge in [0.2, 0.25) is 0 Å². The van der Waals surface area contributed by atoms with Gasteiger partial charge in [0.15, 0.2) is 0 Å². The molecule has 0 fully saturated rings. The topological polar surface area (TPSA) is 57.8 Å². The molecule has 0 aliphatic rings. The summed E-state index contributed by atoms with van der Waals surface area (Å²) in [5.41, 5.74) is 1.39. The summed E-state index contributed by atoms with van der Waals surface area (Å²) < 4.78 is 0. The molecule has 0 spiro atoms. The van der Waals surface area contributed by atoms with Crippen molar-refractivity contribution in [3.63, 3.8) is 0 Å². The zero-order valence-electron chi connectivity index (χ0n) is 9.41. The molecule has 1 heterocycles. The van der Waals surface area contributed by atoms with E-state index in [1.165, 1.54) is 12.5 Å². The lowest BCUT2D eigenvalue weighted by molar-refractivity contribution is 0.0949. The number of halogens is 2. The first-order valence-electron chi connectivity index (χ1n) is 5.37. The van der Waals surface area contributed by atoms with Crippen molar-refractivity contribution in [2.75, 3.05) is 6.54 Å². The van der Waals surface area contributed by atoms with Crippen molar-refractivity contribution in [2.45, 2.75) is 6.42 Å². The predicted octanol–water partition coefficient (Wildman–Crippen LogP) is 2.69. The molecule has 2 N–H and O–H groups in total. The standard InChI is InChI=1S/C12H11Cl2N3O/c13-9-2-1-8(10(14)5-9)3-4-16-12(18)11-6-15-7-17-11/h1-2,5-7H,3-4H2,(H,15,17)(H,16,18). The van der Waals surface area contributed by atoms with E-state index in [2.05, 4.69) is 15.3 Å². The Morgan fingerprint density at radius 2 is 2.22 bits per heavy atom. The predicted molar refractivity (Wildman–Crippen MR) is 71.1 cm³/mol. The van der Waals surface area contributed by atoms with Crippen LogP contribution >= 0.6 is 23.2 Å². The second-order valence-electron chi connectivity index (χ2n) is 3.71. The molecule has 1 amide bonds. The molecule has 2 aromatic rings. The number of imidazole rings is 1. The zero-order valence-corrected chi connectivity index (χ0v) is 10.9. The van der Waals surface area contributed by atoms with Crippen molar-refractivity contribution >= 4 is 29.1 Å². The summed E-state index contributed by atoms with van der Waals surface area (Å²) in [7, 11) is 0. The van der Waals surface area contributed by atoms with Crippen LogP contribution in [0.3, 0.4) is 0 Å². The Kier molecular flexibility index (Phi) is 4.23. The summed E-state index contributed by atoms with van der Waals surface area (Å²) in [4.78, 5) is 18.1. The fourth-order valence-electron chi connectivity index (χ4n) is 1.51. The van der Waals surface area contributed by atoms with Crippen LogP contribution in [0.25, 0.3) is 0 Å². The van der Waals surface area contributed by atoms with Crippen LogP contribution in [0.15, 0.2) is 30.7 Å². The van der Waals surface area contributed by atoms with Gasteiger partial charge in [0, 0.05) is 16.6 Å². The van der Waals surface area contributed by atoms with Crippen molar-refractivity contribution < 1.29 is 4.79 Å². The van der Waals surface area contributed by atoms with Crippen molar-refractivity contribution in [2.24, 2.45) is 0 Å². The first-order valence-corrected chi connectivity index (χ1v) is 6.13. The van der Waals surface area contributed by atoms with E-state index < -0.39 is 0 Å². The number of hydrogen-bond donors (Lipinski definition) is 2. The van der Waals surface area contributed by atoms with Crippen molar-refractivity contribution in [3.8, 4) is 0 Å². The molecule has 0 radical (unpaired) electrons. The van der Waals surface area contributed by atoms with Gasteiger partial charge in [-0.1, -0.05) is 29.3 Å². The molecule has 0 saturated carbocycles. The minimum absolute atomic E-state index is 0.183. The second kappa shape index (κ2) is 5.89. The average Bonchev–Trinajstić information content (AvgIpc) is 2.85. The molecule has 0 aliphatic heterocycles. The van der Waals surface area contributed by atoms with Gasteiger partial charge in [0.25, 0.3) is 5.91 Å². The molecule has 2 rings (SSSR count). The van der Waals surface area contributed by atoms with Gasteiger partial charge in [-0.15, -0.1) is 0 Å². The van der Waals surface area contributed by atoms with E-state index >= 15 is 0 Å². The van der Waals surface area contributed by atoms with E-state index in [4.69, 9.17) is 23.2 Å². The highest BCUT2D eigenvalue weighted by atomic mass is 35.5. The molecule has 18 heavy (non-hydrogen) atoms. The number of carbonyl (C=O) groups excluding carboxylic acids is 1. The number of benzene rings is 1. The van der Waals surface area contributed by atoms with Crippen molar-refractivity contribution in [3.05, 3.63) is 52.0 Å². The van der Waals surface area contributed by atoms with E-state index in [9.17, 15) is 4.79 Å². The summed E-state index contributed by atoms with van der Waals surface area (Å²) in [5.74, 6) is -0.183. The summed E-state index contributed by atoms with van der Waals surface area (Å²) in [6.45, 7) is 0.499. The number of aromatic amines is 1. The Labute approximate surface area is 114 Å². The number of rotatable bonds is 4. The highest BCUT2D eigenvalue weighted by Gasteiger charge is 2.06. The summed E-state index contributed by atoms with van der Waals surface area (Å²) in [6, 6.07) is 5.32. The Hall–Kier alpha value is -1.52. The highest BCUT2D eigenvalue weighted by Crippen LogP contribution is 2.20. The smallest absolute Gasteiger partial charge is 0.269 e. The lowest BCUT2D eigenvalue weighted by Gasteiger charge is -2.06. The molecule has 0 atom stereocenters. The van der Waals surface area contributed by atoms with Crippen LogP contribution in [-0.2, 0) is 6.42 Å². The Balaban J connectivity index is 1.87. The maximum Gasteiger partial charge on any atom is 0.269 e. The third-order valence-corrected chi connectivity index (χ3v) is 3.02. The fraction of sp³-hybridized carbons (Fsp3) is 0.167. The van der Waals surface area contributed by atoms with Crippen LogP contribution in [0.5, 0.6) is 0 Å². The van der Waals surface area contributed by atoms with E-state index in [0.29, 0.717) is 28.7 Å². The van der Waals surface area contributed by atoms with Gasteiger partial charge in [0.05, 0.1) is 12.5 Å². The van der Waals surface area contributed by atoms with Crippen LogP contribution in [0, 0.1) is 0 Å². The van der Waals surface area contributed by atoms with Gasteiger partial charge in [-0.05, 0) is 24.1 Å². The van der Waals surface area contributed by atoms with Crippen LogP contribution < -0.4 is 5.32 Å². The SMILES string of the molecule is O=C(NCCc1ccc(Cl)cc1Cl)c1cnc[nH]1. The third-order valence-electron chi connectivity index (χ3n) is 2.44. The second-order valence-corrected chi connectivity index (χ2v) is 4.55. The average molecular weight is 284 g/mol. The number of carbonyl (C=O) groups is 1. The summed E-state index contributed by atoms with van der Waals surface area (Å²) >= 11 is 11.8. The number of aromatic nitrogens is 2. The zero-order chi connectivity index (χ0) is 13.0. The van der Waals surface area contributed by atoms with E-state index in [1.807, 2.05) is 6.07 Å². The van der Waals surface area contributed by atoms with Gasteiger partial charge < -0.3 is 10.3 Å². The Morgan fingerprint density at radius 1 is 1.39 bits per heavy atom. The minimum atomic E-state index is -0.183. The maximum absolute atomic E-state index is 11.6. The maximum atomic E-state index is 11.6. The molecular formula is C12H11Cl2N3O. The van der Waals surface area contributed by atoms with Gasteiger partial charge >= 0.3 is 0 Å². The lowest BCUT2D eigenvalue weighted by Crippen LogP contribution is -2.26. The van der Waals surface area contributed by atoms with Gasteiger partial charge in [-0.2, -0.15) is 0 Å². The monoisotopic (exact) mass is 283 g/mol. The lowest BCUT2D eigenvalue weighted by atomic mass is 10.1. The molecule has 0 bridgehead atoms. The normalized spacial score (nSPS) is 10.3.